The number of hydrogen-bond acceptors (Lipinski definition) is 6. The highest BCUT2D eigenvalue weighted by atomic mass is 28.4. The molecule has 1 atom stereocenters. The molecule has 21 heavy (non-hydrogen) atoms. The molecule has 1 amide bonds. The van der Waals surface area contributed by atoms with Gasteiger partial charge in [-0.15, -0.1) is 0 Å². The number of carbonyl (C=O) groups is 3. The number of carbonyl (C=O) groups excluding carboxylic acids is 3. The summed E-state index contributed by atoms with van der Waals surface area (Å²) in [6.45, 7) is 9.71. The van der Waals surface area contributed by atoms with Crippen LogP contribution in [0.4, 0.5) is 4.79 Å². The number of rotatable bonds is 6. The molecule has 0 aromatic rings. The molecule has 0 aliphatic heterocycles. The Morgan fingerprint density at radius 2 is 1.67 bits per heavy atom. The molecule has 0 aliphatic rings. The van der Waals surface area contributed by atoms with Crippen LogP contribution in [0.25, 0.3) is 0 Å². The van der Waals surface area contributed by atoms with E-state index in [-0.39, 0.29) is 11.6 Å². The van der Waals surface area contributed by atoms with E-state index in [0.29, 0.717) is 6.29 Å². The number of alkyl carbamates (subject to hydrolysis) is 1. The minimum Gasteiger partial charge on any atom is -0.467 e. The van der Waals surface area contributed by atoms with Crippen LogP contribution in [0, 0.1) is 0 Å². The molecule has 0 aromatic carbocycles. The summed E-state index contributed by atoms with van der Waals surface area (Å²) < 4.78 is 14.9. The van der Waals surface area contributed by atoms with E-state index < -0.39 is 25.9 Å². The van der Waals surface area contributed by atoms with Gasteiger partial charge in [-0.25, -0.2) is 9.59 Å². The van der Waals surface area contributed by atoms with Gasteiger partial charge < -0.3 is 13.9 Å². The Bertz CT molecular complexity index is 404. The van der Waals surface area contributed by atoms with E-state index >= 15 is 0 Å². The standard InChI is InChI=1S/C13H25NO6Si/c1-12(2,3)21(6,7)20-9-13(8-15,10(16)18-4)14-11(17)19-5/h8H,9H2,1-7H3,(H,14,17)/t13-/m1/s1. The maximum absolute atomic E-state index is 11.9. The molecular weight excluding hydrogens is 294 g/mol. The average Bonchev–Trinajstić information content (AvgIpc) is 2.41. The molecule has 0 rings (SSSR count). The Balaban J connectivity index is 5.30. The minimum absolute atomic E-state index is 0.108. The van der Waals surface area contributed by atoms with E-state index in [1.807, 2.05) is 33.9 Å². The molecule has 0 aliphatic carbocycles. The summed E-state index contributed by atoms with van der Waals surface area (Å²) in [6.07, 6.45) is -0.602. The van der Waals surface area contributed by atoms with Gasteiger partial charge in [0.15, 0.2) is 14.6 Å². The van der Waals surface area contributed by atoms with Crippen molar-refractivity contribution >= 4 is 26.7 Å². The molecule has 0 unspecified atom stereocenters. The van der Waals surface area contributed by atoms with Crippen LogP contribution in [-0.2, 0) is 23.5 Å². The summed E-state index contributed by atoms with van der Waals surface area (Å²) >= 11 is 0. The van der Waals surface area contributed by atoms with Crippen molar-refractivity contribution in [3.05, 3.63) is 0 Å². The summed E-state index contributed by atoms with van der Waals surface area (Å²) in [5.74, 6) is -0.901. The molecule has 0 saturated heterocycles. The van der Waals surface area contributed by atoms with E-state index in [0.717, 1.165) is 14.2 Å². The Kier molecular flexibility index (Phi) is 6.56. The fraction of sp³-hybridized carbons (Fsp3) is 0.769. The lowest BCUT2D eigenvalue weighted by molar-refractivity contribution is -0.151. The van der Waals surface area contributed by atoms with Gasteiger partial charge in [0.05, 0.1) is 20.8 Å². The van der Waals surface area contributed by atoms with Crippen LogP contribution in [-0.4, -0.2) is 53.0 Å². The molecule has 1 N–H and O–H groups in total. The lowest BCUT2D eigenvalue weighted by Gasteiger charge is -2.38. The second-order valence-corrected chi connectivity index (χ2v) is 11.1. The number of ether oxygens (including phenoxy) is 2. The molecule has 0 fully saturated rings. The van der Waals surface area contributed by atoms with Gasteiger partial charge in [0, 0.05) is 0 Å². The summed E-state index contributed by atoms with van der Waals surface area (Å²) in [5.41, 5.74) is -1.91. The van der Waals surface area contributed by atoms with Crippen LogP contribution in [0.3, 0.4) is 0 Å². The van der Waals surface area contributed by atoms with Gasteiger partial charge in [-0.1, -0.05) is 20.8 Å². The van der Waals surface area contributed by atoms with Crippen molar-refractivity contribution in [3.8, 4) is 0 Å². The van der Waals surface area contributed by atoms with Crippen LogP contribution in [0.2, 0.25) is 18.1 Å². The number of esters is 1. The zero-order valence-electron chi connectivity index (χ0n) is 13.7. The number of hydrogen-bond donors (Lipinski definition) is 1. The number of aldehydes is 1. The minimum atomic E-state index is -2.21. The maximum atomic E-state index is 11.9. The van der Waals surface area contributed by atoms with E-state index in [1.54, 1.807) is 0 Å². The first-order valence-corrected chi connectivity index (χ1v) is 9.41. The summed E-state index contributed by atoms with van der Waals surface area (Å²) in [7, 11) is 0.0570. The number of nitrogens with one attached hydrogen (secondary N) is 1. The molecule has 7 nitrogen and oxygen atoms in total. The predicted octanol–water partition coefficient (Wildman–Crippen LogP) is 1.47. The summed E-state index contributed by atoms with van der Waals surface area (Å²) in [4.78, 5) is 34.7. The normalized spacial score (nSPS) is 14.8. The van der Waals surface area contributed by atoms with Crippen molar-refractivity contribution in [2.45, 2.75) is 44.4 Å². The third-order valence-electron chi connectivity index (χ3n) is 3.73. The maximum Gasteiger partial charge on any atom is 0.408 e. The summed E-state index contributed by atoms with van der Waals surface area (Å²) in [6, 6.07) is 0. The first-order chi connectivity index (χ1) is 9.45. The fourth-order valence-corrected chi connectivity index (χ4v) is 2.21. The lowest BCUT2D eigenvalue weighted by atomic mass is 10.0. The molecule has 122 valence electrons. The first kappa shape index (κ1) is 19.6. The first-order valence-electron chi connectivity index (χ1n) is 6.50. The van der Waals surface area contributed by atoms with Gasteiger partial charge in [0.25, 0.3) is 0 Å². The Morgan fingerprint density at radius 1 is 1.14 bits per heavy atom. The fourth-order valence-electron chi connectivity index (χ4n) is 1.18. The molecule has 0 bridgehead atoms. The van der Waals surface area contributed by atoms with Crippen molar-refractivity contribution in [1.82, 2.24) is 5.32 Å². The predicted molar refractivity (Wildman–Crippen MR) is 79.5 cm³/mol. The van der Waals surface area contributed by atoms with Gasteiger partial charge >= 0.3 is 12.1 Å². The van der Waals surface area contributed by atoms with Gasteiger partial charge in [0.1, 0.15) is 0 Å². The molecular formula is C13H25NO6Si. The van der Waals surface area contributed by atoms with E-state index in [1.165, 1.54) is 0 Å². The van der Waals surface area contributed by atoms with Crippen molar-refractivity contribution in [2.24, 2.45) is 0 Å². The topological polar surface area (TPSA) is 90.9 Å². The van der Waals surface area contributed by atoms with Crippen LogP contribution < -0.4 is 5.32 Å². The smallest absolute Gasteiger partial charge is 0.408 e. The second kappa shape index (κ2) is 7.03. The van der Waals surface area contributed by atoms with Crippen LogP contribution >= 0.6 is 0 Å². The van der Waals surface area contributed by atoms with Crippen LogP contribution in [0.5, 0.6) is 0 Å². The van der Waals surface area contributed by atoms with Crippen molar-refractivity contribution < 1.29 is 28.3 Å². The molecule has 8 heteroatoms. The average molecular weight is 319 g/mol. The van der Waals surface area contributed by atoms with Crippen LogP contribution in [0.15, 0.2) is 0 Å². The Labute approximate surface area is 126 Å². The Hall–Kier alpha value is -1.41. The van der Waals surface area contributed by atoms with E-state index in [4.69, 9.17) is 4.43 Å². The SMILES string of the molecule is COC(=O)N[C@](C=O)(CO[Si](C)(C)C(C)(C)C)C(=O)OC. The molecule has 0 saturated carbocycles. The molecule has 0 aromatic heterocycles. The van der Waals surface area contributed by atoms with Gasteiger partial charge in [0.2, 0.25) is 5.54 Å². The molecule has 0 heterocycles. The van der Waals surface area contributed by atoms with Crippen molar-refractivity contribution in [3.63, 3.8) is 0 Å². The zero-order valence-corrected chi connectivity index (χ0v) is 14.7. The van der Waals surface area contributed by atoms with E-state index in [2.05, 4.69) is 14.8 Å². The van der Waals surface area contributed by atoms with Crippen molar-refractivity contribution in [2.75, 3.05) is 20.8 Å². The molecule has 0 radical (unpaired) electrons. The van der Waals surface area contributed by atoms with Crippen LogP contribution in [0.1, 0.15) is 20.8 Å². The van der Waals surface area contributed by atoms with Gasteiger partial charge in [-0.05, 0) is 18.1 Å². The second-order valence-electron chi connectivity index (χ2n) is 6.25. The highest BCUT2D eigenvalue weighted by molar-refractivity contribution is 6.74. The Morgan fingerprint density at radius 3 is 2.00 bits per heavy atom. The lowest BCUT2D eigenvalue weighted by Crippen LogP contribution is -2.61. The number of methoxy groups -OCH3 is 2. The largest absolute Gasteiger partial charge is 0.467 e. The number of amides is 1. The third-order valence-corrected chi connectivity index (χ3v) is 8.21. The summed E-state index contributed by atoms with van der Waals surface area (Å²) in [5, 5.41) is 2.09. The van der Waals surface area contributed by atoms with E-state index in [9.17, 15) is 14.4 Å². The highest BCUT2D eigenvalue weighted by Crippen LogP contribution is 2.36. The quantitative estimate of drug-likeness (QED) is 0.345. The van der Waals surface area contributed by atoms with Gasteiger partial charge in [-0.3, -0.25) is 10.1 Å². The zero-order chi connectivity index (χ0) is 16.9. The molecule has 0 spiro atoms. The monoisotopic (exact) mass is 319 g/mol. The van der Waals surface area contributed by atoms with Crippen molar-refractivity contribution in [1.29, 1.82) is 0 Å². The third kappa shape index (κ3) is 4.82. The van der Waals surface area contributed by atoms with Gasteiger partial charge in [-0.2, -0.15) is 0 Å². The highest BCUT2D eigenvalue weighted by Gasteiger charge is 2.46.